The molecule has 0 rings (SSSR count). The molecule has 10 heavy (non-hydrogen) atoms. The molecule has 0 aliphatic carbocycles. The van der Waals surface area contributed by atoms with E-state index in [1.165, 1.54) is 0 Å². The van der Waals surface area contributed by atoms with E-state index in [1.54, 1.807) is 0 Å². The van der Waals surface area contributed by atoms with Crippen molar-refractivity contribution in [3.8, 4) is 0 Å². The van der Waals surface area contributed by atoms with Crippen LogP contribution in [0.25, 0.3) is 0 Å². The quantitative estimate of drug-likeness (QED) is 0.310. The molecule has 0 radical (unpaired) electrons. The van der Waals surface area contributed by atoms with Gasteiger partial charge in [-0.1, -0.05) is 0 Å². The van der Waals surface area contributed by atoms with E-state index in [9.17, 15) is 4.79 Å². The molecule has 0 bridgehead atoms. The summed E-state index contributed by atoms with van der Waals surface area (Å²) in [6.07, 6.45) is 0.728. The zero-order valence-electron chi connectivity index (χ0n) is 5.63. The first-order chi connectivity index (χ1) is 4.41. The molecule has 0 saturated carbocycles. The summed E-state index contributed by atoms with van der Waals surface area (Å²) in [6, 6.07) is 0. The van der Waals surface area contributed by atoms with Gasteiger partial charge in [0.25, 0.3) is 0 Å². The molecule has 0 aromatic heterocycles. The van der Waals surface area contributed by atoms with E-state index in [0.717, 1.165) is 6.29 Å². The summed E-state index contributed by atoms with van der Waals surface area (Å²) in [5.41, 5.74) is 0. The van der Waals surface area contributed by atoms with E-state index in [-0.39, 0.29) is 58.0 Å². The van der Waals surface area contributed by atoms with Gasteiger partial charge in [-0.05, 0) is 6.92 Å². The number of carbonyl (C=O) groups is 1. The third-order valence-electron chi connectivity index (χ3n) is 0.762. The average Bonchev–Trinajstić information content (AvgIpc) is 1.89. The first kappa shape index (κ1) is 13.8. The summed E-state index contributed by atoms with van der Waals surface area (Å²) >= 11 is 0. The standard InChI is InChI=1S/C6H12O3.K.H/c1-2-8-5-6-9-4-3-7;;/h3H,2,4-6H2,1H3;;. The Labute approximate surface area is 104 Å². The molecule has 0 aliphatic rings. The fourth-order valence-corrected chi connectivity index (χ4v) is 0.394. The van der Waals surface area contributed by atoms with E-state index in [1.807, 2.05) is 6.92 Å². The monoisotopic (exact) mass is 172 g/mol. The molecule has 0 aliphatic heterocycles. The second-order valence-corrected chi connectivity index (χ2v) is 1.44. The van der Waals surface area contributed by atoms with Crippen LogP contribution in [0.1, 0.15) is 6.92 Å². The maximum absolute atomic E-state index is 9.67. The van der Waals surface area contributed by atoms with Gasteiger partial charge in [0.2, 0.25) is 0 Å². The summed E-state index contributed by atoms with van der Waals surface area (Å²) in [5, 5.41) is 0. The normalized spacial score (nSPS) is 8.50. The molecule has 0 atom stereocenters. The third kappa shape index (κ3) is 12.0. The van der Waals surface area contributed by atoms with E-state index in [0.29, 0.717) is 19.8 Å². The van der Waals surface area contributed by atoms with Gasteiger partial charge in [0.05, 0.1) is 13.2 Å². The molecule has 0 unspecified atom stereocenters. The molecule has 0 aromatic rings. The van der Waals surface area contributed by atoms with Gasteiger partial charge >= 0.3 is 51.4 Å². The fourth-order valence-electron chi connectivity index (χ4n) is 0.394. The minimum atomic E-state index is 0. The van der Waals surface area contributed by atoms with Gasteiger partial charge < -0.3 is 14.3 Å². The second-order valence-electron chi connectivity index (χ2n) is 1.44. The summed E-state index contributed by atoms with van der Waals surface area (Å²) < 4.78 is 9.73. The number of carbonyl (C=O) groups excluding carboxylic acids is 1. The van der Waals surface area contributed by atoms with Gasteiger partial charge in [-0.15, -0.1) is 0 Å². The van der Waals surface area contributed by atoms with Crippen molar-refractivity contribution in [2.45, 2.75) is 6.92 Å². The Morgan fingerprint density at radius 1 is 1.30 bits per heavy atom. The predicted molar refractivity (Wildman–Crippen MR) is 40.5 cm³/mol. The molecule has 4 heteroatoms. The Morgan fingerprint density at radius 3 is 2.40 bits per heavy atom. The zero-order valence-corrected chi connectivity index (χ0v) is 5.63. The van der Waals surface area contributed by atoms with Gasteiger partial charge in [0.1, 0.15) is 12.9 Å². The predicted octanol–water partition coefficient (Wildman–Crippen LogP) is -0.410. The molecule has 0 spiro atoms. The topological polar surface area (TPSA) is 35.5 Å². The van der Waals surface area contributed by atoms with Crippen LogP contribution in [0.3, 0.4) is 0 Å². The number of aldehydes is 1. The van der Waals surface area contributed by atoms with Crippen molar-refractivity contribution in [3.63, 3.8) is 0 Å². The average molecular weight is 172 g/mol. The van der Waals surface area contributed by atoms with Gasteiger partial charge in [-0.25, -0.2) is 0 Å². The number of hydrogen-bond acceptors (Lipinski definition) is 3. The van der Waals surface area contributed by atoms with E-state index >= 15 is 0 Å². The van der Waals surface area contributed by atoms with Crippen LogP contribution in [0.4, 0.5) is 0 Å². The fraction of sp³-hybridized carbons (Fsp3) is 0.833. The van der Waals surface area contributed by atoms with Crippen LogP contribution in [-0.2, 0) is 14.3 Å². The van der Waals surface area contributed by atoms with Crippen LogP contribution in [0.2, 0.25) is 0 Å². The van der Waals surface area contributed by atoms with Crippen LogP contribution in [0.5, 0.6) is 0 Å². The van der Waals surface area contributed by atoms with Crippen molar-refractivity contribution in [1.82, 2.24) is 0 Å². The first-order valence-corrected chi connectivity index (χ1v) is 3.01. The SMILES string of the molecule is CCOCCOCC=O.[KH]. The van der Waals surface area contributed by atoms with E-state index in [2.05, 4.69) is 0 Å². The maximum atomic E-state index is 9.67. The van der Waals surface area contributed by atoms with E-state index < -0.39 is 0 Å². The number of hydrogen-bond donors (Lipinski definition) is 0. The Kier molecular flexibility index (Phi) is 17.7. The van der Waals surface area contributed by atoms with Crippen LogP contribution in [0, 0.1) is 0 Å². The summed E-state index contributed by atoms with van der Waals surface area (Å²) in [6.45, 7) is 3.87. The molecular weight excluding hydrogens is 159 g/mol. The Morgan fingerprint density at radius 2 is 1.90 bits per heavy atom. The molecule has 0 fully saturated rings. The molecule has 0 N–H and O–H groups in total. The summed E-state index contributed by atoms with van der Waals surface area (Å²) in [7, 11) is 0. The van der Waals surface area contributed by atoms with Crippen LogP contribution in [-0.4, -0.2) is 84.1 Å². The Balaban J connectivity index is 0. The number of ether oxygens (including phenoxy) is 2. The third-order valence-corrected chi connectivity index (χ3v) is 0.762. The van der Waals surface area contributed by atoms with E-state index in [4.69, 9.17) is 9.47 Å². The van der Waals surface area contributed by atoms with Gasteiger partial charge in [0, 0.05) is 6.61 Å². The van der Waals surface area contributed by atoms with Crippen molar-refractivity contribution in [2.24, 2.45) is 0 Å². The molecule has 0 amide bonds. The van der Waals surface area contributed by atoms with Crippen LogP contribution >= 0.6 is 0 Å². The summed E-state index contributed by atoms with van der Waals surface area (Å²) in [5.74, 6) is 0. The van der Waals surface area contributed by atoms with Crippen LogP contribution < -0.4 is 0 Å². The van der Waals surface area contributed by atoms with Gasteiger partial charge in [-0.3, -0.25) is 0 Å². The molecule has 56 valence electrons. The Bertz CT molecular complexity index is 68.0. The van der Waals surface area contributed by atoms with Crippen molar-refractivity contribution in [2.75, 3.05) is 26.4 Å². The van der Waals surface area contributed by atoms with Crippen molar-refractivity contribution in [1.29, 1.82) is 0 Å². The Hall–Kier alpha value is 1.23. The van der Waals surface area contributed by atoms with Crippen molar-refractivity contribution < 1.29 is 14.3 Å². The zero-order chi connectivity index (χ0) is 6.95. The minimum absolute atomic E-state index is 0. The first-order valence-electron chi connectivity index (χ1n) is 3.01. The van der Waals surface area contributed by atoms with Gasteiger partial charge in [-0.2, -0.15) is 0 Å². The van der Waals surface area contributed by atoms with Crippen molar-refractivity contribution in [3.05, 3.63) is 0 Å². The van der Waals surface area contributed by atoms with Gasteiger partial charge in [0.15, 0.2) is 0 Å². The molecule has 0 saturated heterocycles. The van der Waals surface area contributed by atoms with Crippen molar-refractivity contribution >= 4 is 57.7 Å². The molecule has 0 heterocycles. The summed E-state index contributed by atoms with van der Waals surface area (Å²) in [4.78, 5) is 9.67. The van der Waals surface area contributed by atoms with Crippen LogP contribution in [0.15, 0.2) is 0 Å². The number of rotatable bonds is 6. The molecule has 0 aromatic carbocycles. The molecular formula is C6H13KO3. The second kappa shape index (κ2) is 12.9. The molecule has 3 nitrogen and oxygen atoms in total.